The van der Waals surface area contributed by atoms with Gasteiger partial charge in [0.25, 0.3) is 0 Å². The third kappa shape index (κ3) is 4.98. The SMILES string of the molecule is O=C(CCSc1nnc(-c2ccccc2F)n1C1CC1)NC(=O)Nc1ccc2c(c1)OCCO2. The topological polar surface area (TPSA) is 107 Å². The second kappa shape index (κ2) is 9.72. The molecule has 2 N–H and O–H groups in total. The van der Waals surface area contributed by atoms with Gasteiger partial charge in [-0.25, -0.2) is 9.18 Å². The number of hydrogen-bond acceptors (Lipinski definition) is 7. The van der Waals surface area contributed by atoms with E-state index in [1.54, 1.807) is 36.4 Å². The number of benzene rings is 2. The molecule has 2 aliphatic rings. The van der Waals surface area contributed by atoms with Crippen LogP contribution in [0.25, 0.3) is 11.4 Å². The van der Waals surface area contributed by atoms with Crippen molar-refractivity contribution in [2.45, 2.75) is 30.5 Å². The van der Waals surface area contributed by atoms with Crippen LogP contribution in [0.5, 0.6) is 11.5 Å². The van der Waals surface area contributed by atoms with E-state index >= 15 is 0 Å². The summed E-state index contributed by atoms with van der Waals surface area (Å²) in [6.45, 7) is 0.920. The lowest BCUT2D eigenvalue weighted by Gasteiger charge is -2.19. The maximum absolute atomic E-state index is 14.3. The molecule has 176 valence electrons. The first-order valence-corrected chi connectivity index (χ1v) is 11.9. The van der Waals surface area contributed by atoms with Crippen molar-refractivity contribution in [3.05, 3.63) is 48.3 Å². The van der Waals surface area contributed by atoms with Crippen LogP contribution in [-0.4, -0.2) is 45.7 Å². The summed E-state index contributed by atoms with van der Waals surface area (Å²) in [5.41, 5.74) is 0.893. The number of carbonyl (C=O) groups excluding carboxylic acids is 2. The van der Waals surface area contributed by atoms with Gasteiger partial charge in [-0.3, -0.25) is 14.7 Å². The van der Waals surface area contributed by atoms with E-state index in [0.717, 1.165) is 12.8 Å². The molecule has 0 spiro atoms. The number of anilines is 1. The third-order valence-electron chi connectivity index (χ3n) is 5.30. The van der Waals surface area contributed by atoms with Crippen molar-refractivity contribution in [2.24, 2.45) is 0 Å². The molecule has 1 fully saturated rings. The minimum absolute atomic E-state index is 0.103. The zero-order valence-electron chi connectivity index (χ0n) is 18.1. The lowest BCUT2D eigenvalue weighted by Crippen LogP contribution is -2.34. The number of halogens is 1. The van der Waals surface area contributed by atoms with E-state index in [-0.39, 0.29) is 18.3 Å². The number of ether oxygens (including phenoxy) is 2. The molecule has 1 aromatic heterocycles. The van der Waals surface area contributed by atoms with Gasteiger partial charge < -0.3 is 14.8 Å². The molecule has 2 aromatic carbocycles. The van der Waals surface area contributed by atoms with Crippen LogP contribution in [0.2, 0.25) is 0 Å². The van der Waals surface area contributed by atoms with Gasteiger partial charge in [0.1, 0.15) is 19.0 Å². The number of thioether (sulfide) groups is 1. The van der Waals surface area contributed by atoms with Crippen molar-refractivity contribution in [2.75, 3.05) is 24.3 Å². The average molecular weight is 484 g/mol. The van der Waals surface area contributed by atoms with Crippen LogP contribution in [-0.2, 0) is 4.79 Å². The minimum Gasteiger partial charge on any atom is -0.486 e. The molecule has 0 atom stereocenters. The van der Waals surface area contributed by atoms with E-state index in [1.807, 2.05) is 4.57 Å². The largest absolute Gasteiger partial charge is 0.486 e. The number of nitrogens with zero attached hydrogens (tertiary/aromatic N) is 3. The molecule has 0 radical (unpaired) electrons. The molecule has 9 nitrogen and oxygen atoms in total. The summed E-state index contributed by atoms with van der Waals surface area (Å²) >= 11 is 1.36. The number of rotatable bonds is 7. The molecule has 0 unspecified atom stereocenters. The Labute approximate surface area is 199 Å². The molecule has 11 heteroatoms. The molecular formula is C23H22FN5O4S. The van der Waals surface area contributed by atoms with Crippen LogP contribution < -0.4 is 20.1 Å². The molecule has 2 heterocycles. The fourth-order valence-electron chi connectivity index (χ4n) is 3.57. The number of hydrogen-bond donors (Lipinski definition) is 2. The Morgan fingerprint density at radius 2 is 1.88 bits per heavy atom. The van der Waals surface area contributed by atoms with Gasteiger partial charge >= 0.3 is 6.03 Å². The highest BCUT2D eigenvalue weighted by Gasteiger charge is 2.31. The Bertz CT molecular complexity index is 1230. The molecular weight excluding hydrogens is 461 g/mol. The number of aromatic nitrogens is 3. The van der Waals surface area contributed by atoms with Crippen LogP contribution in [0.1, 0.15) is 25.3 Å². The van der Waals surface area contributed by atoms with Crippen molar-refractivity contribution in [1.82, 2.24) is 20.1 Å². The highest BCUT2D eigenvalue weighted by Crippen LogP contribution is 2.41. The third-order valence-corrected chi connectivity index (χ3v) is 6.25. The summed E-state index contributed by atoms with van der Waals surface area (Å²) in [7, 11) is 0. The van der Waals surface area contributed by atoms with E-state index < -0.39 is 11.9 Å². The van der Waals surface area contributed by atoms with Crippen LogP contribution in [0.3, 0.4) is 0 Å². The molecule has 5 rings (SSSR count). The predicted octanol–water partition coefficient (Wildman–Crippen LogP) is 4.02. The molecule has 3 amide bonds. The number of amides is 3. The lowest BCUT2D eigenvalue weighted by molar-refractivity contribution is -0.119. The Morgan fingerprint density at radius 1 is 1.09 bits per heavy atom. The first-order valence-electron chi connectivity index (χ1n) is 10.9. The fourth-order valence-corrected chi connectivity index (χ4v) is 4.51. The van der Waals surface area contributed by atoms with Crippen molar-refractivity contribution in [3.8, 4) is 22.9 Å². The molecule has 34 heavy (non-hydrogen) atoms. The van der Waals surface area contributed by atoms with E-state index in [2.05, 4.69) is 20.8 Å². The predicted molar refractivity (Wildman–Crippen MR) is 124 cm³/mol. The second-order valence-corrected chi connectivity index (χ2v) is 8.91. The molecule has 0 bridgehead atoms. The van der Waals surface area contributed by atoms with Crippen molar-refractivity contribution in [1.29, 1.82) is 0 Å². The standard InChI is InChI=1S/C23H22FN5O4S/c24-17-4-2-1-3-16(17)21-27-28-23(29(21)15-6-7-15)34-12-9-20(30)26-22(31)25-14-5-8-18-19(13-14)33-11-10-32-18/h1-5,8,13,15H,6-7,9-12H2,(H2,25,26,30,31). The van der Waals surface area contributed by atoms with Gasteiger partial charge in [0.2, 0.25) is 5.91 Å². The molecule has 1 saturated carbocycles. The summed E-state index contributed by atoms with van der Waals surface area (Å²) < 4.78 is 27.2. The van der Waals surface area contributed by atoms with Crippen molar-refractivity contribution < 1.29 is 23.5 Å². The molecule has 1 aliphatic carbocycles. The Hall–Kier alpha value is -3.60. The van der Waals surface area contributed by atoms with E-state index in [4.69, 9.17) is 9.47 Å². The quantitative estimate of drug-likeness (QED) is 0.489. The highest BCUT2D eigenvalue weighted by molar-refractivity contribution is 7.99. The van der Waals surface area contributed by atoms with E-state index in [0.29, 0.717) is 52.7 Å². The van der Waals surface area contributed by atoms with Gasteiger partial charge in [-0.05, 0) is 37.1 Å². The summed E-state index contributed by atoms with van der Waals surface area (Å²) in [5, 5.41) is 14.0. The maximum atomic E-state index is 14.3. The van der Waals surface area contributed by atoms with Crippen LogP contribution in [0.15, 0.2) is 47.6 Å². The Kier molecular flexibility index (Phi) is 6.35. The zero-order valence-corrected chi connectivity index (χ0v) is 18.9. The maximum Gasteiger partial charge on any atom is 0.325 e. The number of nitrogens with one attached hydrogen (secondary N) is 2. The Morgan fingerprint density at radius 3 is 2.68 bits per heavy atom. The monoisotopic (exact) mass is 483 g/mol. The van der Waals surface area contributed by atoms with Crippen LogP contribution >= 0.6 is 11.8 Å². The van der Waals surface area contributed by atoms with Gasteiger partial charge in [0.15, 0.2) is 22.5 Å². The molecule has 3 aromatic rings. The van der Waals surface area contributed by atoms with Gasteiger partial charge in [-0.1, -0.05) is 23.9 Å². The number of urea groups is 1. The second-order valence-electron chi connectivity index (χ2n) is 7.85. The van der Waals surface area contributed by atoms with Crippen molar-refractivity contribution >= 4 is 29.4 Å². The molecule has 1 aliphatic heterocycles. The van der Waals surface area contributed by atoms with E-state index in [1.165, 1.54) is 17.8 Å². The van der Waals surface area contributed by atoms with Gasteiger partial charge in [0.05, 0.1) is 5.56 Å². The zero-order chi connectivity index (χ0) is 23.5. The van der Waals surface area contributed by atoms with Crippen LogP contribution in [0, 0.1) is 5.82 Å². The normalized spacial score (nSPS) is 14.5. The summed E-state index contributed by atoms with van der Waals surface area (Å²) in [6, 6.07) is 11.1. The van der Waals surface area contributed by atoms with E-state index in [9.17, 15) is 14.0 Å². The van der Waals surface area contributed by atoms with Gasteiger partial charge in [-0.2, -0.15) is 0 Å². The summed E-state index contributed by atoms with van der Waals surface area (Å²) in [6.07, 6.45) is 2.06. The van der Waals surface area contributed by atoms with Gasteiger partial charge in [-0.15, -0.1) is 10.2 Å². The summed E-state index contributed by atoms with van der Waals surface area (Å²) in [5.74, 6) is 1.27. The Balaban J connectivity index is 1.15. The lowest BCUT2D eigenvalue weighted by atomic mass is 10.2. The first kappa shape index (κ1) is 22.2. The minimum atomic E-state index is -0.630. The smallest absolute Gasteiger partial charge is 0.325 e. The summed E-state index contributed by atoms with van der Waals surface area (Å²) in [4.78, 5) is 24.4. The average Bonchev–Trinajstić information content (AvgIpc) is 3.59. The number of carbonyl (C=O) groups is 2. The fraction of sp³-hybridized carbons (Fsp3) is 0.304. The highest BCUT2D eigenvalue weighted by atomic mass is 32.2. The number of fused-ring (bicyclic) bond motifs is 1. The number of imide groups is 1. The van der Waals surface area contributed by atoms with Crippen LogP contribution in [0.4, 0.5) is 14.9 Å². The molecule has 0 saturated heterocycles. The van der Waals surface area contributed by atoms with Gasteiger partial charge in [0, 0.05) is 30.0 Å². The van der Waals surface area contributed by atoms with Crippen molar-refractivity contribution in [3.63, 3.8) is 0 Å². The first-order chi connectivity index (χ1) is 16.6.